The van der Waals surface area contributed by atoms with E-state index >= 15 is 0 Å². The molecule has 17 heavy (non-hydrogen) atoms. The van der Waals surface area contributed by atoms with E-state index < -0.39 is 0 Å². The van der Waals surface area contributed by atoms with Gasteiger partial charge in [-0.3, -0.25) is 9.59 Å². The second-order valence-electron chi connectivity index (χ2n) is 4.18. The molecular formula is C13H16N2O2. The second kappa shape index (κ2) is 4.99. The average Bonchev–Trinajstić information content (AvgIpc) is 2.38. The predicted molar refractivity (Wildman–Crippen MR) is 64.2 cm³/mol. The van der Waals surface area contributed by atoms with E-state index in [2.05, 4.69) is 11.4 Å². The van der Waals surface area contributed by atoms with Crippen molar-refractivity contribution in [3.05, 3.63) is 35.4 Å². The molecule has 1 heterocycles. The Morgan fingerprint density at radius 2 is 2.00 bits per heavy atom. The van der Waals surface area contributed by atoms with E-state index in [0.29, 0.717) is 13.1 Å². The molecule has 0 aliphatic carbocycles. The van der Waals surface area contributed by atoms with Crippen LogP contribution in [0, 0.1) is 0 Å². The number of nitrogens with one attached hydrogen (secondary N) is 1. The Balaban J connectivity index is 2.02. The van der Waals surface area contributed by atoms with Gasteiger partial charge < -0.3 is 10.2 Å². The highest BCUT2D eigenvalue weighted by Gasteiger charge is 2.21. The maximum absolute atomic E-state index is 11.8. The summed E-state index contributed by atoms with van der Waals surface area (Å²) in [5.41, 5.74) is 2.49. The van der Waals surface area contributed by atoms with Crippen LogP contribution in [0.1, 0.15) is 17.5 Å². The van der Waals surface area contributed by atoms with Crippen LogP contribution in [0.15, 0.2) is 24.3 Å². The first-order chi connectivity index (χ1) is 8.20. The lowest BCUT2D eigenvalue weighted by Gasteiger charge is -2.28. The Bertz CT molecular complexity index is 443. The summed E-state index contributed by atoms with van der Waals surface area (Å²) in [5, 5.41) is 2.47. The molecule has 0 spiro atoms. The van der Waals surface area contributed by atoms with E-state index in [1.54, 1.807) is 11.9 Å². The number of benzene rings is 1. The van der Waals surface area contributed by atoms with Crippen molar-refractivity contribution in [3.8, 4) is 0 Å². The molecule has 0 fully saturated rings. The first-order valence-corrected chi connectivity index (χ1v) is 5.76. The third kappa shape index (κ3) is 2.64. The zero-order valence-corrected chi connectivity index (χ0v) is 9.90. The summed E-state index contributed by atoms with van der Waals surface area (Å²) < 4.78 is 0. The fourth-order valence-electron chi connectivity index (χ4n) is 2.05. The summed E-state index contributed by atoms with van der Waals surface area (Å²) in [6.45, 7) is 1.32. The van der Waals surface area contributed by atoms with Gasteiger partial charge in [-0.15, -0.1) is 0 Å². The summed E-state index contributed by atoms with van der Waals surface area (Å²) in [6, 6.07) is 8.12. The zero-order valence-electron chi connectivity index (χ0n) is 9.90. The van der Waals surface area contributed by atoms with Crippen molar-refractivity contribution >= 4 is 11.8 Å². The van der Waals surface area contributed by atoms with Crippen LogP contribution < -0.4 is 5.32 Å². The smallest absolute Gasteiger partial charge is 0.232 e. The van der Waals surface area contributed by atoms with E-state index in [1.807, 2.05) is 18.2 Å². The molecule has 1 aliphatic rings. The molecule has 4 heteroatoms. The lowest BCUT2D eigenvalue weighted by Crippen LogP contribution is -2.38. The van der Waals surface area contributed by atoms with Gasteiger partial charge in [-0.2, -0.15) is 0 Å². The SMILES string of the molecule is CNC(=O)CC(=O)N1CCc2ccccc2C1. The van der Waals surface area contributed by atoms with Gasteiger partial charge in [0.2, 0.25) is 11.8 Å². The third-order valence-corrected chi connectivity index (χ3v) is 3.07. The van der Waals surface area contributed by atoms with Crippen molar-refractivity contribution in [1.82, 2.24) is 10.2 Å². The molecule has 1 aliphatic heterocycles. The normalized spacial score (nSPS) is 14.1. The first kappa shape index (κ1) is 11.6. The van der Waals surface area contributed by atoms with E-state index in [9.17, 15) is 9.59 Å². The summed E-state index contributed by atoms with van der Waals surface area (Å²) >= 11 is 0. The van der Waals surface area contributed by atoms with Gasteiger partial charge in [0, 0.05) is 20.1 Å². The monoisotopic (exact) mass is 232 g/mol. The van der Waals surface area contributed by atoms with Crippen LogP contribution in [-0.4, -0.2) is 30.3 Å². The summed E-state index contributed by atoms with van der Waals surface area (Å²) in [5.74, 6) is -0.326. The van der Waals surface area contributed by atoms with Gasteiger partial charge in [-0.25, -0.2) is 0 Å². The molecule has 0 aromatic heterocycles. The van der Waals surface area contributed by atoms with Gasteiger partial charge in [-0.1, -0.05) is 24.3 Å². The molecule has 4 nitrogen and oxygen atoms in total. The lowest BCUT2D eigenvalue weighted by atomic mass is 10.00. The van der Waals surface area contributed by atoms with Crippen LogP contribution >= 0.6 is 0 Å². The Kier molecular flexibility index (Phi) is 3.42. The quantitative estimate of drug-likeness (QED) is 0.763. The number of carbonyl (C=O) groups is 2. The standard InChI is InChI=1S/C13H16N2O2/c1-14-12(16)8-13(17)15-7-6-10-4-2-3-5-11(10)9-15/h2-5H,6-9H2,1H3,(H,14,16). The summed E-state index contributed by atoms with van der Waals surface area (Å²) in [4.78, 5) is 24.7. The van der Waals surface area contributed by atoms with Crippen molar-refractivity contribution in [2.75, 3.05) is 13.6 Å². The minimum absolute atomic E-state index is 0.0569. The molecule has 0 radical (unpaired) electrons. The highest BCUT2D eigenvalue weighted by atomic mass is 16.2. The molecule has 2 amide bonds. The van der Waals surface area contributed by atoms with E-state index in [0.717, 1.165) is 6.42 Å². The van der Waals surface area contributed by atoms with Crippen LogP contribution in [0.5, 0.6) is 0 Å². The number of rotatable bonds is 2. The Labute approximate surface area is 101 Å². The minimum atomic E-state index is -0.228. The Morgan fingerprint density at radius 3 is 2.71 bits per heavy atom. The van der Waals surface area contributed by atoms with Crippen LogP contribution in [0.3, 0.4) is 0 Å². The van der Waals surface area contributed by atoms with Crippen LogP contribution in [0.2, 0.25) is 0 Å². The molecule has 1 aromatic carbocycles. The van der Waals surface area contributed by atoms with Crippen molar-refractivity contribution < 1.29 is 9.59 Å². The van der Waals surface area contributed by atoms with Gasteiger partial charge in [0.05, 0.1) is 0 Å². The summed E-state index contributed by atoms with van der Waals surface area (Å²) in [6.07, 6.45) is 0.814. The van der Waals surface area contributed by atoms with Gasteiger partial charge in [0.25, 0.3) is 0 Å². The first-order valence-electron chi connectivity index (χ1n) is 5.76. The Hall–Kier alpha value is -1.84. The van der Waals surface area contributed by atoms with E-state index in [1.165, 1.54) is 11.1 Å². The summed E-state index contributed by atoms with van der Waals surface area (Å²) in [7, 11) is 1.54. The van der Waals surface area contributed by atoms with Crippen LogP contribution in [-0.2, 0) is 22.6 Å². The fourth-order valence-corrected chi connectivity index (χ4v) is 2.05. The zero-order chi connectivity index (χ0) is 12.3. The van der Waals surface area contributed by atoms with Gasteiger partial charge in [0.1, 0.15) is 6.42 Å². The molecular weight excluding hydrogens is 216 g/mol. The molecule has 0 unspecified atom stereocenters. The molecule has 0 bridgehead atoms. The number of nitrogens with zero attached hydrogens (tertiary/aromatic N) is 1. The van der Waals surface area contributed by atoms with Crippen molar-refractivity contribution in [2.45, 2.75) is 19.4 Å². The number of amides is 2. The predicted octanol–water partition coefficient (Wildman–Crippen LogP) is 0.707. The Morgan fingerprint density at radius 1 is 1.29 bits per heavy atom. The van der Waals surface area contributed by atoms with Gasteiger partial charge in [-0.05, 0) is 17.5 Å². The van der Waals surface area contributed by atoms with Gasteiger partial charge in [0.15, 0.2) is 0 Å². The van der Waals surface area contributed by atoms with Crippen molar-refractivity contribution in [2.24, 2.45) is 0 Å². The highest BCUT2D eigenvalue weighted by molar-refractivity contribution is 5.96. The van der Waals surface area contributed by atoms with E-state index in [-0.39, 0.29) is 18.2 Å². The van der Waals surface area contributed by atoms with Crippen molar-refractivity contribution in [3.63, 3.8) is 0 Å². The fraction of sp³-hybridized carbons (Fsp3) is 0.385. The van der Waals surface area contributed by atoms with Crippen LogP contribution in [0.25, 0.3) is 0 Å². The van der Waals surface area contributed by atoms with Crippen molar-refractivity contribution in [1.29, 1.82) is 0 Å². The highest BCUT2D eigenvalue weighted by Crippen LogP contribution is 2.18. The number of fused-ring (bicyclic) bond motifs is 1. The molecule has 0 atom stereocenters. The number of hydrogen-bond donors (Lipinski definition) is 1. The molecule has 90 valence electrons. The maximum atomic E-state index is 11.8. The maximum Gasteiger partial charge on any atom is 0.232 e. The molecule has 0 saturated heterocycles. The largest absolute Gasteiger partial charge is 0.359 e. The molecule has 0 saturated carbocycles. The minimum Gasteiger partial charge on any atom is -0.359 e. The molecule has 1 N–H and O–H groups in total. The lowest BCUT2D eigenvalue weighted by molar-refractivity contribution is -0.136. The molecule has 2 rings (SSSR count). The van der Waals surface area contributed by atoms with Gasteiger partial charge >= 0.3 is 0 Å². The third-order valence-electron chi connectivity index (χ3n) is 3.07. The van der Waals surface area contributed by atoms with Crippen LogP contribution in [0.4, 0.5) is 0 Å². The topological polar surface area (TPSA) is 49.4 Å². The second-order valence-corrected chi connectivity index (χ2v) is 4.18. The van der Waals surface area contributed by atoms with E-state index in [4.69, 9.17) is 0 Å². The number of carbonyl (C=O) groups excluding carboxylic acids is 2. The average molecular weight is 232 g/mol. The molecule has 1 aromatic rings. The number of hydrogen-bond acceptors (Lipinski definition) is 2.